The molecule has 126 valence electrons. The maximum atomic E-state index is 12.5. The largest absolute Gasteiger partial charge is 0.346 e. The fourth-order valence-corrected chi connectivity index (χ4v) is 3.47. The minimum absolute atomic E-state index is 0.0756. The number of carbonyl (C=O) groups is 1. The van der Waals surface area contributed by atoms with Crippen LogP contribution in [0.25, 0.3) is 11.1 Å². The molecule has 1 N–H and O–H groups in total. The lowest BCUT2D eigenvalue weighted by Crippen LogP contribution is -2.51. The minimum atomic E-state index is -0.0756. The van der Waals surface area contributed by atoms with E-state index in [1.54, 1.807) is 6.20 Å². The lowest BCUT2D eigenvalue weighted by molar-refractivity contribution is 0.0878. The van der Waals surface area contributed by atoms with Gasteiger partial charge in [-0.3, -0.25) is 9.78 Å². The van der Waals surface area contributed by atoms with Crippen LogP contribution in [0.15, 0.2) is 48.7 Å². The van der Waals surface area contributed by atoms with Crippen molar-refractivity contribution in [3.05, 3.63) is 54.4 Å². The molecule has 3 rings (SSSR count). The summed E-state index contributed by atoms with van der Waals surface area (Å²) >= 11 is 0. The molecular weight excluding hydrogens is 298 g/mol. The van der Waals surface area contributed by atoms with Crippen molar-refractivity contribution in [3.63, 3.8) is 0 Å². The molecule has 1 saturated carbocycles. The van der Waals surface area contributed by atoms with Crippen molar-refractivity contribution in [1.29, 1.82) is 0 Å². The maximum Gasteiger partial charge on any atom is 0.270 e. The number of hydrogen-bond donors (Lipinski definition) is 1. The number of likely N-dealkylation sites (N-methyl/N-ethyl adjacent to an activating group) is 1. The molecule has 24 heavy (non-hydrogen) atoms. The first-order valence-corrected chi connectivity index (χ1v) is 8.64. The summed E-state index contributed by atoms with van der Waals surface area (Å²) in [5, 5.41) is 3.18. The molecule has 4 nitrogen and oxygen atoms in total. The Morgan fingerprint density at radius 1 is 1.04 bits per heavy atom. The van der Waals surface area contributed by atoms with Crippen LogP contribution in [0, 0.1) is 0 Å². The first-order valence-electron chi connectivity index (χ1n) is 8.64. The zero-order valence-electron chi connectivity index (χ0n) is 14.4. The number of aromatic nitrogens is 1. The van der Waals surface area contributed by atoms with Gasteiger partial charge in [-0.05, 0) is 38.6 Å². The van der Waals surface area contributed by atoms with Crippen LogP contribution in [0.3, 0.4) is 0 Å². The molecule has 1 aromatic heterocycles. The van der Waals surface area contributed by atoms with E-state index in [0.29, 0.717) is 11.7 Å². The second-order valence-corrected chi connectivity index (χ2v) is 6.69. The van der Waals surface area contributed by atoms with E-state index in [0.717, 1.165) is 24.0 Å². The van der Waals surface area contributed by atoms with E-state index in [1.165, 1.54) is 12.8 Å². The molecule has 1 amide bonds. The summed E-state index contributed by atoms with van der Waals surface area (Å²) in [4.78, 5) is 19.1. The van der Waals surface area contributed by atoms with Crippen molar-refractivity contribution in [2.75, 3.05) is 14.1 Å². The summed E-state index contributed by atoms with van der Waals surface area (Å²) in [5.74, 6) is -0.0756. The first-order chi connectivity index (χ1) is 11.6. The van der Waals surface area contributed by atoms with Crippen LogP contribution < -0.4 is 5.32 Å². The highest BCUT2D eigenvalue weighted by Gasteiger charge is 2.28. The quantitative estimate of drug-likeness (QED) is 0.938. The molecule has 1 aliphatic rings. The van der Waals surface area contributed by atoms with Gasteiger partial charge in [0.2, 0.25) is 0 Å². The number of carbonyl (C=O) groups excluding carboxylic acids is 1. The van der Waals surface area contributed by atoms with Gasteiger partial charge in [0.1, 0.15) is 5.69 Å². The third-order valence-electron chi connectivity index (χ3n) is 4.81. The van der Waals surface area contributed by atoms with E-state index in [1.807, 2.05) is 42.5 Å². The molecule has 2 atom stereocenters. The SMILES string of the molecule is CN(C)[C@H]1CCCC[C@@H]1NC(=O)c1ccc(-c2ccccc2)cn1. The molecule has 0 saturated heterocycles. The molecule has 0 radical (unpaired) electrons. The van der Waals surface area contributed by atoms with Gasteiger partial charge in [0, 0.05) is 23.8 Å². The van der Waals surface area contributed by atoms with E-state index in [-0.39, 0.29) is 11.9 Å². The Labute approximate surface area is 143 Å². The van der Waals surface area contributed by atoms with Gasteiger partial charge < -0.3 is 10.2 Å². The fraction of sp³-hybridized carbons (Fsp3) is 0.400. The molecule has 2 aromatic rings. The molecule has 0 aliphatic heterocycles. The van der Waals surface area contributed by atoms with Gasteiger partial charge >= 0.3 is 0 Å². The van der Waals surface area contributed by atoms with E-state index in [9.17, 15) is 4.79 Å². The second-order valence-electron chi connectivity index (χ2n) is 6.69. The van der Waals surface area contributed by atoms with E-state index in [2.05, 4.69) is 29.3 Å². The molecule has 0 spiro atoms. The van der Waals surface area contributed by atoms with Gasteiger partial charge in [-0.25, -0.2) is 0 Å². The summed E-state index contributed by atoms with van der Waals surface area (Å²) in [7, 11) is 4.17. The highest BCUT2D eigenvalue weighted by molar-refractivity contribution is 5.92. The maximum absolute atomic E-state index is 12.5. The van der Waals surface area contributed by atoms with Crippen LogP contribution in [0.2, 0.25) is 0 Å². The van der Waals surface area contributed by atoms with Crippen molar-refractivity contribution in [1.82, 2.24) is 15.2 Å². The summed E-state index contributed by atoms with van der Waals surface area (Å²) in [6.07, 6.45) is 6.36. The molecule has 1 heterocycles. The second kappa shape index (κ2) is 7.58. The summed E-state index contributed by atoms with van der Waals surface area (Å²) in [5.41, 5.74) is 2.62. The fourth-order valence-electron chi connectivity index (χ4n) is 3.47. The van der Waals surface area contributed by atoms with Crippen molar-refractivity contribution in [2.45, 2.75) is 37.8 Å². The van der Waals surface area contributed by atoms with Crippen LogP contribution in [0.1, 0.15) is 36.2 Å². The van der Waals surface area contributed by atoms with Crippen molar-refractivity contribution in [3.8, 4) is 11.1 Å². The smallest absolute Gasteiger partial charge is 0.270 e. The highest BCUT2D eigenvalue weighted by Crippen LogP contribution is 2.22. The third kappa shape index (κ3) is 3.82. The Bertz CT molecular complexity index is 667. The van der Waals surface area contributed by atoms with E-state index in [4.69, 9.17) is 0 Å². The number of rotatable bonds is 4. The standard InChI is InChI=1S/C20H25N3O/c1-23(2)19-11-7-6-10-17(19)22-20(24)18-13-12-16(14-21-18)15-8-4-3-5-9-15/h3-5,8-9,12-14,17,19H,6-7,10-11H2,1-2H3,(H,22,24)/t17-,19-/m0/s1. The average molecular weight is 323 g/mol. The van der Waals surface area contributed by atoms with Gasteiger partial charge in [-0.2, -0.15) is 0 Å². The predicted molar refractivity (Wildman–Crippen MR) is 96.9 cm³/mol. The summed E-state index contributed by atoms with van der Waals surface area (Å²) in [6.45, 7) is 0. The van der Waals surface area contributed by atoms with Crippen molar-refractivity contribution in [2.24, 2.45) is 0 Å². The third-order valence-corrected chi connectivity index (χ3v) is 4.81. The number of nitrogens with zero attached hydrogens (tertiary/aromatic N) is 2. The summed E-state index contributed by atoms with van der Waals surface area (Å²) in [6, 6.07) is 14.5. The Balaban J connectivity index is 1.69. The lowest BCUT2D eigenvalue weighted by atomic mass is 9.89. The molecule has 1 fully saturated rings. The van der Waals surface area contributed by atoms with Gasteiger partial charge in [0.15, 0.2) is 0 Å². The van der Waals surface area contributed by atoms with Crippen LogP contribution in [0.5, 0.6) is 0 Å². The number of amides is 1. The Morgan fingerprint density at radius 2 is 1.79 bits per heavy atom. The van der Waals surface area contributed by atoms with Gasteiger partial charge in [0.25, 0.3) is 5.91 Å². The highest BCUT2D eigenvalue weighted by atomic mass is 16.1. The summed E-state index contributed by atoms with van der Waals surface area (Å²) < 4.78 is 0. The Hall–Kier alpha value is -2.20. The molecule has 0 unspecified atom stereocenters. The Kier molecular flexibility index (Phi) is 5.26. The number of hydrogen-bond acceptors (Lipinski definition) is 3. The van der Waals surface area contributed by atoms with E-state index < -0.39 is 0 Å². The van der Waals surface area contributed by atoms with E-state index >= 15 is 0 Å². The Morgan fingerprint density at radius 3 is 2.46 bits per heavy atom. The van der Waals surface area contributed by atoms with Crippen LogP contribution in [-0.4, -0.2) is 42.0 Å². The zero-order valence-corrected chi connectivity index (χ0v) is 14.4. The van der Waals surface area contributed by atoms with Crippen LogP contribution in [0.4, 0.5) is 0 Å². The molecular formula is C20H25N3O. The molecule has 4 heteroatoms. The number of nitrogens with one attached hydrogen (secondary N) is 1. The minimum Gasteiger partial charge on any atom is -0.346 e. The van der Waals surface area contributed by atoms with Crippen LogP contribution >= 0.6 is 0 Å². The predicted octanol–water partition coefficient (Wildman–Crippen LogP) is 3.35. The van der Waals surface area contributed by atoms with Gasteiger partial charge in [-0.1, -0.05) is 49.2 Å². The van der Waals surface area contributed by atoms with Crippen molar-refractivity contribution >= 4 is 5.91 Å². The number of benzene rings is 1. The first kappa shape index (κ1) is 16.7. The van der Waals surface area contributed by atoms with Gasteiger partial charge in [0.05, 0.1) is 0 Å². The van der Waals surface area contributed by atoms with Gasteiger partial charge in [-0.15, -0.1) is 0 Å². The monoisotopic (exact) mass is 323 g/mol. The topological polar surface area (TPSA) is 45.2 Å². The lowest BCUT2D eigenvalue weighted by Gasteiger charge is -2.36. The molecule has 0 bridgehead atoms. The molecule has 1 aromatic carbocycles. The average Bonchev–Trinajstić information content (AvgIpc) is 2.63. The van der Waals surface area contributed by atoms with Crippen LogP contribution in [-0.2, 0) is 0 Å². The molecule has 1 aliphatic carbocycles. The normalized spacial score (nSPS) is 20.8. The zero-order chi connectivity index (χ0) is 16.9. The number of pyridine rings is 1. The van der Waals surface area contributed by atoms with Crippen molar-refractivity contribution < 1.29 is 4.79 Å².